The van der Waals surface area contributed by atoms with Gasteiger partial charge in [-0.15, -0.1) is 0 Å². The molecule has 0 saturated carbocycles. The van der Waals surface area contributed by atoms with E-state index in [0.717, 1.165) is 9.85 Å². The SMILES string of the molecule is Cc1ccc([Se]c2c(Br)c(=O)oc3ccccc23)cc1. The zero-order valence-corrected chi connectivity index (χ0v) is 14.0. The van der Waals surface area contributed by atoms with Crippen molar-refractivity contribution in [3.05, 3.63) is 69.0 Å². The number of halogens is 1. The molecule has 0 amide bonds. The van der Waals surface area contributed by atoms with Crippen molar-refractivity contribution >= 4 is 50.8 Å². The number of aryl methyl sites for hydroxylation is 1. The Morgan fingerprint density at radius 1 is 1.05 bits per heavy atom. The van der Waals surface area contributed by atoms with E-state index in [1.165, 1.54) is 10.0 Å². The zero-order chi connectivity index (χ0) is 14.1. The van der Waals surface area contributed by atoms with E-state index in [9.17, 15) is 4.79 Å². The van der Waals surface area contributed by atoms with Crippen LogP contribution in [0.15, 0.2) is 62.2 Å². The molecule has 0 saturated heterocycles. The van der Waals surface area contributed by atoms with Gasteiger partial charge in [-0.2, -0.15) is 0 Å². The normalized spacial score (nSPS) is 10.9. The van der Waals surface area contributed by atoms with Gasteiger partial charge in [0.2, 0.25) is 0 Å². The molecule has 3 rings (SSSR count). The fraction of sp³-hybridized carbons (Fsp3) is 0.0625. The average molecular weight is 394 g/mol. The number of benzene rings is 2. The molecular weight excluding hydrogens is 383 g/mol. The molecule has 0 atom stereocenters. The van der Waals surface area contributed by atoms with Crippen LogP contribution in [-0.2, 0) is 0 Å². The molecule has 0 radical (unpaired) electrons. The second-order valence-electron chi connectivity index (χ2n) is 4.44. The van der Waals surface area contributed by atoms with Gasteiger partial charge in [0, 0.05) is 0 Å². The van der Waals surface area contributed by atoms with E-state index in [4.69, 9.17) is 4.42 Å². The van der Waals surface area contributed by atoms with Gasteiger partial charge in [-0.1, -0.05) is 0 Å². The van der Waals surface area contributed by atoms with E-state index in [2.05, 4.69) is 47.1 Å². The Morgan fingerprint density at radius 2 is 1.75 bits per heavy atom. The number of fused-ring (bicyclic) bond motifs is 1. The maximum absolute atomic E-state index is 11.9. The molecule has 1 heterocycles. The van der Waals surface area contributed by atoms with Gasteiger partial charge in [0.05, 0.1) is 0 Å². The molecule has 2 nitrogen and oxygen atoms in total. The summed E-state index contributed by atoms with van der Waals surface area (Å²) in [6.45, 7) is 2.07. The van der Waals surface area contributed by atoms with E-state index in [1.54, 1.807) is 0 Å². The summed E-state index contributed by atoms with van der Waals surface area (Å²) >= 11 is 3.44. The van der Waals surface area contributed by atoms with Crippen LogP contribution >= 0.6 is 15.9 Å². The van der Waals surface area contributed by atoms with Crippen LogP contribution in [0, 0.1) is 6.92 Å². The van der Waals surface area contributed by atoms with E-state index in [-0.39, 0.29) is 20.6 Å². The molecule has 0 bridgehead atoms. The van der Waals surface area contributed by atoms with Crippen molar-refractivity contribution in [2.45, 2.75) is 6.92 Å². The van der Waals surface area contributed by atoms with Crippen LogP contribution in [0.2, 0.25) is 0 Å². The number of rotatable bonds is 2. The summed E-state index contributed by atoms with van der Waals surface area (Å²) in [5, 5.41) is 1.000. The summed E-state index contributed by atoms with van der Waals surface area (Å²) in [6.07, 6.45) is 0. The molecule has 4 heteroatoms. The Bertz CT molecular complexity index is 822. The topological polar surface area (TPSA) is 30.2 Å². The Hall–Kier alpha value is -1.35. The summed E-state index contributed by atoms with van der Waals surface area (Å²) in [5.41, 5.74) is 1.57. The van der Waals surface area contributed by atoms with Gasteiger partial charge in [0.25, 0.3) is 0 Å². The van der Waals surface area contributed by atoms with Gasteiger partial charge in [-0.05, 0) is 0 Å². The second-order valence-corrected chi connectivity index (χ2v) is 7.51. The minimum absolute atomic E-state index is 0.0576. The predicted molar refractivity (Wildman–Crippen MR) is 86.4 cm³/mol. The second kappa shape index (κ2) is 5.57. The summed E-state index contributed by atoms with van der Waals surface area (Å²) in [6, 6.07) is 16.1. The summed E-state index contributed by atoms with van der Waals surface area (Å²) in [4.78, 5) is 11.9. The van der Waals surface area contributed by atoms with Crippen molar-refractivity contribution in [1.82, 2.24) is 0 Å². The van der Waals surface area contributed by atoms with Crippen molar-refractivity contribution in [3.63, 3.8) is 0 Å². The predicted octanol–water partition coefficient (Wildman–Crippen LogP) is 2.52. The van der Waals surface area contributed by atoms with Crippen molar-refractivity contribution < 1.29 is 4.42 Å². The molecule has 0 N–H and O–H groups in total. The minimum atomic E-state index is -0.312. The Labute approximate surface area is 131 Å². The number of hydrogen-bond acceptors (Lipinski definition) is 2. The molecule has 2 aromatic carbocycles. The van der Waals surface area contributed by atoms with Gasteiger partial charge in [-0.3, -0.25) is 0 Å². The third-order valence-corrected chi connectivity index (χ3v) is 6.65. The van der Waals surface area contributed by atoms with E-state index in [1.807, 2.05) is 24.3 Å². The first-order valence-corrected chi connectivity index (χ1v) is 8.61. The molecule has 0 unspecified atom stereocenters. The van der Waals surface area contributed by atoms with Crippen LogP contribution < -0.4 is 14.5 Å². The van der Waals surface area contributed by atoms with Crippen molar-refractivity contribution in [1.29, 1.82) is 0 Å². The third kappa shape index (κ3) is 2.59. The molecule has 100 valence electrons. The van der Waals surface area contributed by atoms with Gasteiger partial charge >= 0.3 is 131 Å². The van der Waals surface area contributed by atoms with Crippen LogP contribution in [0.25, 0.3) is 11.0 Å². The first-order valence-electron chi connectivity index (χ1n) is 6.11. The van der Waals surface area contributed by atoms with Crippen LogP contribution in [0.1, 0.15) is 5.56 Å². The van der Waals surface area contributed by atoms with E-state index >= 15 is 0 Å². The van der Waals surface area contributed by atoms with Crippen LogP contribution in [0.5, 0.6) is 0 Å². The fourth-order valence-corrected chi connectivity index (χ4v) is 4.65. The van der Waals surface area contributed by atoms with Crippen molar-refractivity contribution in [3.8, 4) is 0 Å². The number of para-hydroxylation sites is 1. The summed E-state index contributed by atoms with van der Waals surface area (Å²) in [5.74, 6) is 0. The molecule has 0 aliphatic heterocycles. The summed E-state index contributed by atoms with van der Waals surface area (Å²) in [7, 11) is 0. The Kier molecular flexibility index (Phi) is 3.79. The Balaban J connectivity index is 2.17. The molecule has 20 heavy (non-hydrogen) atoms. The standard InChI is InChI=1S/C16H11BrO2Se/c1-10-6-8-11(9-7-10)20-15-12-4-2-3-5-13(12)19-16(18)14(15)17/h2-9H,1H3. The molecule has 0 aliphatic carbocycles. The first-order chi connectivity index (χ1) is 9.65. The monoisotopic (exact) mass is 394 g/mol. The third-order valence-electron chi connectivity index (χ3n) is 2.95. The molecule has 0 aliphatic rings. The molecule has 0 spiro atoms. The molecule has 0 fully saturated rings. The number of hydrogen-bond donors (Lipinski definition) is 0. The van der Waals surface area contributed by atoms with Gasteiger partial charge < -0.3 is 0 Å². The van der Waals surface area contributed by atoms with Crippen LogP contribution in [-0.4, -0.2) is 15.0 Å². The zero-order valence-electron chi connectivity index (χ0n) is 10.7. The molecule has 1 aromatic heterocycles. The quantitative estimate of drug-likeness (QED) is 0.494. The maximum atomic E-state index is 11.9. The van der Waals surface area contributed by atoms with E-state index in [0.29, 0.717) is 10.1 Å². The van der Waals surface area contributed by atoms with Gasteiger partial charge in [0.1, 0.15) is 0 Å². The van der Waals surface area contributed by atoms with Gasteiger partial charge in [-0.25, -0.2) is 0 Å². The summed E-state index contributed by atoms with van der Waals surface area (Å²) < 4.78 is 8.11. The van der Waals surface area contributed by atoms with Crippen LogP contribution in [0.3, 0.4) is 0 Å². The van der Waals surface area contributed by atoms with Crippen molar-refractivity contribution in [2.75, 3.05) is 0 Å². The van der Waals surface area contributed by atoms with Crippen molar-refractivity contribution in [2.24, 2.45) is 0 Å². The first kappa shape index (κ1) is 13.6. The molecular formula is C16H11BrO2Se. The molecule has 3 aromatic rings. The van der Waals surface area contributed by atoms with E-state index < -0.39 is 0 Å². The fourth-order valence-electron chi connectivity index (χ4n) is 1.92. The van der Waals surface area contributed by atoms with Gasteiger partial charge in [0.15, 0.2) is 0 Å². The van der Waals surface area contributed by atoms with Crippen LogP contribution in [0.4, 0.5) is 0 Å². The Morgan fingerprint density at radius 3 is 2.50 bits per heavy atom. The average Bonchev–Trinajstić information content (AvgIpc) is 2.46.